The van der Waals surface area contributed by atoms with Crippen molar-refractivity contribution in [2.24, 2.45) is 0 Å². The average Bonchev–Trinajstić information content (AvgIpc) is 3.04. The Kier molecular flexibility index (Phi) is 5.43. The Morgan fingerprint density at radius 2 is 1.96 bits per heavy atom. The molecule has 5 heteroatoms. The lowest BCUT2D eigenvalue weighted by molar-refractivity contribution is -0.894. The first-order valence-corrected chi connectivity index (χ1v) is 9.52. The summed E-state index contributed by atoms with van der Waals surface area (Å²) < 4.78 is 2.09. The van der Waals surface area contributed by atoms with Crippen molar-refractivity contribution < 1.29 is 4.90 Å². The average molecular weight is 350 g/mol. The van der Waals surface area contributed by atoms with Crippen LogP contribution in [0.5, 0.6) is 0 Å². The van der Waals surface area contributed by atoms with Crippen LogP contribution >= 0.6 is 0 Å². The van der Waals surface area contributed by atoms with Crippen LogP contribution in [-0.4, -0.2) is 35.6 Å². The largest absolute Gasteiger partial charge is 0.365 e. The predicted molar refractivity (Wildman–Crippen MR) is 107 cm³/mol. The molecule has 0 amide bonds. The van der Waals surface area contributed by atoms with Crippen LogP contribution in [0.25, 0.3) is 16.7 Å². The van der Waals surface area contributed by atoms with Crippen molar-refractivity contribution in [1.82, 2.24) is 9.38 Å². The maximum absolute atomic E-state index is 9.77. The van der Waals surface area contributed by atoms with Crippen LogP contribution in [-0.2, 0) is 0 Å². The van der Waals surface area contributed by atoms with Gasteiger partial charge in [-0.15, -0.1) is 0 Å². The second-order valence-electron chi connectivity index (χ2n) is 7.02. The van der Waals surface area contributed by atoms with E-state index in [0.717, 1.165) is 54.2 Å². The molecule has 3 aromatic rings. The van der Waals surface area contributed by atoms with Crippen molar-refractivity contribution in [3.05, 3.63) is 41.5 Å². The number of para-hydroxylation sites is 2. The Balaban J connectivity index is 2.12. The third-order valence-corrected chi connectivity index (χ3v) is 5.12. The Hall–Kier alpha value is -2.58. The number of nitrogens with one attached hydrogen (secondary N) is 2. The fourth-order valence-corrected chi connectivity index (χ4v) is 3.52. The number of pyridine rings is 1. The van der Waals surface area contributed by atoms with E-state index in [0.29, 0.717) is 5.56 Å². The van der Waals surface area contributed by atoms with Crippen LogP contribution in [0.1, 0.15) is 44.7 Å². The number of nitrogens with zero attached hydrogens (tertiary/aromatic N) is 3. The van der Waals surface area contributed by atoms with Gasteiger partial charge in [-0.2, -0.15) is 5.26 Å². The van der Waals surface area contributed by atoms with Gasteiger partial charge in [0.25, 0.3) is 0 Å². The van der Waals surface area contributed by atoms with Crippen molar-refractivity contribution in [3.63, 3.8) is 0 Å². The van der Waals surface area contributed by atoms with E-state index in [1.165, 1.54) is 0 Å². The topological polar surface area (TPSA) is 57.6 Å². The number of aromatic nitrogens is 2. The highest BCUT2D eigenvalue weighted by molar-refractivity contribution is 5.85. The fraction of sp³-hybridized carbons (Fsp3) is 0.429. The van der Waals surface area contributed by atoms with E-state index in [1.807, 2.05) is 18.2 Å². The molecule has 2 aromatic heterocycles. The first kappa shape index (κ1) is 18.2. The van der Waals surface area contributed by atoms with Crippen LogP contribution < -0.4 is 10.2 Å². The first-order chi connectivity index (χ1) is 12.6. The number of anilines is 1. The molecule has 2 heterocycles. The molecule has 0 saturated carbocycles. The molecule has 136 valence electrons. The van der Waals surface area contributed by atoms with Crippen molar-refractivity contribution >= 4 is 22.5 Å². The maximum atomic E-state index is 9.77. The molecule has 0 saturated heterocycles. The standard InChI is InChI=1S/C21H27N5/c1-5-25(6-2)12-11-23-20-13-16(15(3)4)17(14-22)21-24-18-9-7-8-10-19(18)26(20)21/h7-10,13,15,23H,5-6,11-12H2,1-4H3/p+1. The number of likely N-dealkylation sites (N-methyl/N-ethyl adjacent to an activating group) is 1. The molecule has 2 N–H and O–H groups in total. The van der Waals surface area contributed by atoms with E-state index in [-0.39, 0.29) is 5.92 Å². The SMILES string of the molecule is CC[NH+](CC)CCNc1cc(C(C)C)c(C#N)c2nc3ccccc3n12. The molecule has 3 rings (SSSR count). The second-order valence-corrected chi connectivity index (χ2v) is 7.02. The van der Waals surface area contributed by atoms with Gasteiger partial charge in [-0.3, -0.25) is 4.40 Å². The first-order valence-electron chi connectivity index (χ1n) is 9.52. The highest BCUT2D eigenvalue weighted by atomic mass is 15.2. The van der Waals surface area contributed by atoms with Gasteiger partial charge in [0.05, 0.1) is 42.8 Å². The van der Waals surface area contributed by atoms with Crippen molar-refractivity contribution in [2.45, 2.75) is 33.6 Å². The Morgan fingerprint density at radius 3 is 2.62 bits per heavy atom. The molecule has 0 fully saturated rings. The van der Waals surface area contributed by atoms with Gasteiger partial charge < -0.3 is 10.2 Å². The second kappa shape index (κ2) is 7.76. The third-order valence-electron chi connectivity index (χ3n) is 5.12. The van der Waals surface area contributed by atoms with Crippen LogP contribution in [0.15, 0.2) is 30.3 Å². The molecule has 0 unspecified atom stereocenters. The molecule has 0 atom stereocenters. The number of fused-ring (bicyclic) bond motifs is 3. The minimum atomic E-state index is 0.267. The van der Waals surface area contributed by atoms with Gasteiger partial charge in [0.1, 0.15) is 11.9 Å². The highest BCUT2D eigenvalue weighted by Gasteiger charge is 2.18. The zero-order valence-electron chi connectivity index (χ0n) is 16.1. The number of benzene rings is 1. The zero-order valence-corrected chi connectivity index (χ0v) is 16.1. The molecule has 0 aliphatic heterocycles. The van der Waals surface area contributed by atoms with E-state index in [9.17, 15) is 5.26 Å². The Morgan fingerprint density at radius 1 is 1.23 bits per heavy atom. The summed E-state index contributed by atoms with van der Waals surface area (Å²) in [4.78, 5) is 6.33. The third kappa shape index (κ3) is 3.25. The van der Waals surface area contributed by atoms with Crippen LogP contribution in [0.2, 0.25) is 0 Å². The fourth-order valence-electron chi connectivity index (χ4n) is 3.52. The number of quaternary nitrogens is 1. The molecule has 1 aromatic carbocycles. The summed E-state index contributed by atoms with van der Waals surface area (Å²) in [7, 11) is 0. The van der Waals surface area contributed by atoms with Gasteiger partial charge in [-0.25, -0.2) is 4.98 Å². The summed E-state index contributed by atoms with van der Waals surface area (Å²) >= 11 is 0. The summed E-state index contributed by atoms with van der Waals surface area (Å²) in [6.07, 6.45) is 0. The molecule has 0 radical (unpaired) electrons. The van der Waals surface area contributed by atoms with E-state index < -0.39 is 0 Å². The molecule has 0 aliphatic rings. The lowest BCUT2D eigenvalue weighted by Crippen LogP contribution is -3.12. The minimum absolute atomic E-state index is 0.267. The van der Waals surface area contributed by atoms with E-state index in [2.05, 4.69) is 55.6 Å². The number of rotatable bonds is 7. The molecule has 0 spiro atoms. The Labute approximate surface area is 155 Å². The summed E-state index contributed by atoms with van der Waals surface area (Å²) in [6.45, 7) is 12.9. The highest BCUT2D eigenvalue weighted by Crippen LogP contribution is 2.30. The number of hydrogen-bond acceptors (Lipinski definition) is 3. The molecular weight excluding hydrogens is 322 g/mol. The minimum Gasteiger partial charge on any atom is -0.365 e. The monoisotopic (exact) mass is 350 g/mol. The van der Waals surface area contributed by atoms with E-state index in [1.54, 1.807) is 4.90 Å². The van der Waals surface area contributed by atoms with Gasteiger partial charge in [-0.1, -0.05) is 26.0 Å². The van der Waals surface area contributed by atoms with Gasteiger partial charge in [0.2, 0.25) is 0 Å². The molecule has 0 aliphatic carbocycles. The molecular formula is C21H28N5+. The predicted octanol–water partition coefficient (Wildman–Crippen LogP) is 2.82. The normalized spacial score (nSPS) is 11.6. The van der Waals surface area contributed by atoms with E-state index >= 15 is 0 Å². The lowest BCUT2D eigenvalue weighted by atomic mass is 9.99. The summed E-state index contributed by atoms with van der Waals surface area (Å²) in [6, 6.07) is 12.6. The smallest absolute Gasteiger partial charge is 0.157 e. The van der Waals surface area contributed by atoms with Crippen LogP contribution in [0, 0.1) is 11.3 Å². The van der Waals surface area contributed by atoms with Crippen molar-refractivity contribution in [2.75, 3.05) is 31.5 Å². The van der Waals surface area contributed by atoms with Gasteiger partial charge in [0.15, 0.2) is 5.65 Å². The molecule has 0 bridgehead atoms. The summed E-state index contributed by atoms with van der Waals surface area (Å²) in [5.74, 6) is 1.28. The Bertz CT molecular complexity index is 944. The van der Waals surface area contributed by atoms with Gasteiger partial charge in [-0.05, 0) is 43.5 Å². The van der Waals surface area contributed by atoms with Crippen LogP contribution in [0.4, 0.5) is 5.82 Å². The number of nitriles is 1. The summed E-state index contributed by atoms with van der Waals surface area (Å²) in [5, 5.41) is 13.4. The molecule has 5 nitrogen and oxygen atoms in total. The number of imidazole rings is 1. The van der Waals surface area contributed by atoms with Crippen molar-refractivity contribution in [3.8, 4) is 6.07 Å². The summed E-state index contributed by atoms with van der Waals surface area (Å²) in [5.41, 5.74) is 4.43. The van der Waals surface area contributed by atoms with Gasteiger partial charge >= 0.3 is 0 Å². The lowest BCUT2D eigenvalue weighted by Gasteiger charge is -2.18. The molecule has 26 heavy (non-hydrogen) atoms. The van der Waals surface area contributed by atoms with E-state index in [4.69, 9.17) is 4.98 Å². The van der Waals surface area contributed by atoms with Crippen LogP contribution in [0.3, 0.4) is 0 Å². The zero-order chi connectivity index (χ0) is 18.7. The van der Waals surface area contributed by atoms with Gasteiger partial charge in [0, 0.05) is 0 Å². The van der Waals surface area contributed by atoms with Crippen molar-refractivity contribution in [1.29, 1.82) is 5.26 Å². The maximum Gasteiger partial charge on any atom is 0.157 e. The number of hydrogen-bond donors (Lipinski definition) is 2. The quantitative estimate of drug-likeness (QED) is 0.689.